The summed E-state index contributed by atoms with van der Waals surface area (Å²) in [5.74, 6) is 0.223. The molecule has 2 heterocycles. The van der Waals surface area contributed by atoms with Crippen LogP contribution < -0.4 is 9.80 Å². The van der Waals surface area contributed by atoms with E-state index in [1.54, 1.807) is 0 Å². The van der Waals surface area contributed by atoms with Crippen LogP contribution in [0.2, 0.25) is 0 Å². The first-order chi connectivity index (χ1) is 34.7. The molecule has 332 valence electrons. The number of fused-ring (bicyclic) bond motifs is 8. The summed E-state index contributed by atoms with van der Waals surface area (Å²) >= 11 is 3.73. The number of allylic oxidation sites excluding steroid dienone is 4. The van der Waals surface area contributed by atoms with Crippen LogP contribution in [0, 0.1) is 0 Å². The number of hydrogen-bond acceptors (Lipinski definition) is 4. The van der Waals surface area contributed by atoms with Crippen molar-refractivity contribution >= 4 is 91.2 Å². The summed E-state index contributed by atoms with van der Waals surface area (Å²) in [5.41, 5.74) is 18.3. The van der Waals surface area contributed by atoms with Gasteiger partial charge in [0.15, 0.2) is 0 Å². The van der Waals surface area contributed by atoms with Crippen molar-refractivity contribution in [1.29, 1.82) is 0 Å². The fourth-order valence-corrected chi connectivity index (χ4v) is 13.9. The molecule has 0 radical (unpaired) electrons. The van der Waals surface area contributed by atoms with Crippen molar-refractivity contribution in [3.8, 4) is 0 Å². The van der Waals surface area contributed by atoms with E-state index in [9.17, 15) is 0 Å². The van der Waals surface area contributed by atoms with Crippen LogP contribution in [0.15, 0.2) is 261 Å². The first-order valence-corrected chi connectivity index (χ1v) is 26.0. The lowest BCUT2D eigenvalue weighted by molar-refractivity contribution is 0.669. The molecule has 0 fully saturated rings. The van der Waals surface area contributed by atoms with Gasteiger partial charge in [-0.05, 0) is 123 Å². The molecule has 0 N–H and O–H groups in total. The summed E-state index contributed by atoms with van der Waals surface area (Å²) in [6.07, 6.45) is 9.24. The minimum Gasteiger partial charge on any atom is -0.312 e. The predicted octanol–water partition coefficient (Wildman–Crippen LogP) is 18.8. The van der Waals surface area contributed by atoms with Crippen molar-refractivity contribution in [2.75, 3.05) is 9.80 Å². The third kappa shape index (κ3) is 6.73. The van der Waals surface area contributed by atoms with Gasteiger partial charge in [0, 0.05) is 47.9 Å². The minimum atomic E-state index is 0.104. The molecule has 0 saturated heterocycles. The van der Waals surface area contributed by atoms with E-state index < -0.39 is 0 Å². The van der Waals surface area contributed by atoms with Crippen molar-refractivity contribution < 1.29 is 0 Å². The fraction of sp³-hybridized carbons (Fsp3) is 0.0606. The molecule has 0 saturated carbocycles. The van der Waals surface area contributed by atoms with E-state index in [0.717, 1.165) is 12.8 Å². The Kier molecular flexibility index (Phi) is 10.0. The van der Waals surface area contributed by atoms with Crippen LogP contribution in [0.25, 0.3) is 39.3 Å². The largest absolute Gasteiger partial charge is 0.312 e. The molecule has 2 nitrogen and oxygen atoms in total. The van der Waals surface area contributed by atoms with E-state index in [4.69, 9.17) is 0 Å². The fourth-order valence-electron chi connectivity index (χ4n) is 11.8. The molecule has 10 aromatic carbocycles. The summed E-state index contributed by atoms with van der Waals surface area (Å²) in [7, 11) is 0. The van der Waals surface area contributed by atoms with E-state index in [2.05, 4.69) is 252 Å². The highest BCUT2D eigenvalue weighted by Crippen LogP contribution is 2.58. The van der Waals surface area contributed by atoms with Gasteiger partial charge in [-0.25, -0.2) is 0 Å². The van der Waals surface area contributed by atoms with Crippen LogP contribution >= 0.6 is 23.5 Å². The number of nitrogens with zero attached hydrogens (tertiary/aromatic N) is 2. The maximum atomic E-state index is 2.58. The molecular weight excluding hydrogens is 885 g/mol. The van der Waals surface area contributed by atoms with E-state index >= 15 is 0 Å². The summed E-state index contributed by atoms with van der Waals surface area (Å²) in [4.78, 5) is 10.2. The van der Waals surface area contributed by atoms with E-state index in [1.165, 1.54) is 120 Å². The lowest BCUT2D eigenvalue weighted by Gasteiger charge is -2.42. The molecule has 2 atom stereocenters. The Bertz CT molecular complexity index is 3660. The molecule has 2 aliphatic heterocycles. The van der Waals surface area contributed by atoms with Crippen LogP contribution in [0.1, 0.15) is 58.1 Å². The Morgan fingerprint density at radius 1 is 0.400 bits per heavy atom. The van der Waals surface area contributed by atoms with Crippen molar-refractivity contribution in [1.82, 2.24) is 0 Å². The average molecular weight is 931 g/mol. The monoisotopic (exact) mass is 930 g/mol. The smallest absolute Gasteiger partial charge is 0.0619 e. The van der Waals surface area contributed by atoms with Gasteiger partial charge in [0.05, 0.1) is 28.4 Å². The Morgan fingerprint density at radius 3 is 1.40 bits per heavy atom. The van der Waals surface area contributed by atoms with Gasteiger partial charge in [-0.3, -0.25) is 0 Å². The van der Waals surface area contributed by atoms with Gasteiger partial charge in [0.1, 0.15) is 0 Å². The second-order valence-corrected chi connectivity index (χ2v) is 20.8. The highest BCUT2D eigenvalue weighted by atomic mass is 32.2. The summed E-state index contributed by atoms with van der Waals surface area (Å²) < 4.78 is 0. The molecule has 0 spiro atoms. The number of benzene rings is 10. The van der Waals surface area contributed by atoms with Crippen molar-refractivity contribution in [2.24, 2.45) is 0 Å². The minimum absolute atomic E-state index is 0.104. The molecule has 2 aliphatic carbocycles. The Morgan fingerprint density at radius 2 is 0.857 bits per heavy atom. The molecule has 4 aliphatic rings. The zero-order valence-electron chi connectivity index (χ0n) is 38.4. The van der Waals surface area contributed by atoms with Crippen LogP contribution in [0.3, 0.4) is 0 Å². The van der Waals surface area contributed by atoms with Crippen molar-refractivity contribution in [3.63, 3.8) is 0 Å². The van der Waals surface area contributed by atoms with Gasteiger partial charge < -0.3 is 9.80 Å². The van der Waals surface area contributed by atoms with E-state index in [1.807, 2.05) is 23.5 Å². The standard InChI is InChI=1S/C66H46N2S2/c1-3-19-44(20-4-1)64-54-41-43(35-38-49-47-23-7-9-25-52(47)66(53-26-10-8-24-48(49)53)68-58-29-13-17-33-62(58)70-63-34-18-14-30-59(63)68)36-39-50(54)51-40-37-46(42-55(51)65(64)45-21-5-2-6-22-45)67-56-27-11-15-31-60(56)69-61-32-16-12-28-57(61)67/h1-36,38-39,41-42,64-65H,37,40H2/b38-35+. The first-order valence-electron chi connectivity index (χ1n) is 24.4. The molecule has 4 heteroatoms. The zero-order chi connectivity index (χ0) is 46.1. The number of anilines is 5. The lowest BCUT2D eigenvalue weighted by atomic mass is 9.64. The van der Waals surface area contributed by atoms with Crippen LogP contribution in [0.5, 0.6) is 0 Å². The third-order valence-electron chi connectivity index (χ3n) is 14.8. The topological polar surface area (TPSA) is 6.48 Å². The normalized spacial score (nSPS) is 16.8. The summed E-state index contributed by atoms with van der Waals surface area (Å²) in [6, 6.07) is 83.4. The second kappa shape index (κ2) is 17.0. The highest BCUT2D eigenvalue weighted by Gasteiger charge is 2.39. The van der Waals surface area contributed by atoms with Gasteiger partial charge in [0.25, 0.3) is 0 Å². The van der Waals surface area contributed by atoms with Gasteiger partial charge in [-0.15, -0.1) is 0 Å². The highest BCUT2D eigenvalue weighted by molar-refractivity contribution is 8.00. The number of para-hydroxylation sites is 4. The Hall–Kier alpha value is -7.76. The number of hydrogen-bond donors (Lipinski definition) is 0. The molecule has 0 amide bonds. The van der Waals surface area contributed by atoms with Crippen LogP contribution in [0.4, 0.5) is 28.4 Å². The number of rotatable bonds is 6. The molecule has 14 rings (SSSR count). The molecule has 10 aromatic rings. The van der Waals surface area contributed by atoms with E-state index in [-0.39, 0.29) is 11.8 Å². The zero-order valence-corrected chi connectivity index (χ0v) is 40.0. The second-order valence-electron chi connectivity index (χ2n) is 18.6. The molecule has 70 heavy (non-hydrogen) atoms. The quantitative estimate of drug-likeness (QED) is 0.121. The SMILES string of the molecule is C1=C(N2c3ccccc3Sc3ccccc32)CCC2=C1C(c1ccccc1)C(c1ccccc1)c1cc(/C=C/c3c4ccccc4c(N4c5ccccc5Sc5ccccc54)c4ccccc34)ccc12. The average Bonchev–Trinajstić information content (AvgIpc) is 3.43. The van der Waals surface area contributed by atoms with Crippen LogP contribution in [-0.2, 0) is 0 Å². The third-order valence-corrected chi connectivity index (χ3v) is 17.0. The maximum absolute atomic E-state index is 2.58. The molecular formula is C66H46N2S2. The van der Waals surface area contributed by atoms with Gasteiger partial charge in [0.2, 0.25) is 0 Å². The van der Waals surface area contributed by atoms with Gasteiger partial charge >= 0.3 is 0 Å². The van der Waals surface area contributed by atoms with Crippen molar-refractivity contribution in [2.45, 2.75) is 44.3 Å². The first kappa shape index (κ1) is 41.2. The molecule has 0 bridgehead atoms. The summed E-state index contributed by atoms with van der Waals surface area (Å²) in [6.45, 7) is 0. The van der Waals surface area contributed by atoms with Crippen LogP contribution in [-0.4, -0.2) is 0 Å². The predicted molar refractivity (Wildman–Crippen MR) is 296 cm³/mol. The van der Waals surface area contributed by atoms with Gasteiger partial charge in [-0.2, -0.15) is 0 Å². The Labute approximate surface area is 418 Å². The lowest BCUT2D eigenvalue weighted by Crippen LogP contribution is -2.26. The van der Waals surface area contributed by atoms with Crippen molar-refractivity contribution in [3.05, 3.63) is 275 Å². The maximum Gasteiger partial charge on any atom is 0.0619 e. The van der Waals surface area contributed by atoms with E-state index in [0.29, 0.717) is 0 Å². The molecule has 2 unspecified atom stereocenters. The Balaban J connectivity index is 0.937. The van der Waals surface area contributed by atoms with Gasteiger partial charge in [-0.1, -0.05) is 212 Å². The summed E-state index contributed by atoms with van der Waals surface area (Å²) in [5, 5.41) is 4.94. The molecule has 0 aromatic heterocycles.